The van der Waals surface area contributed by atoms with E-state index in [-0.39, 0.29) is 15.8 Å². The van der Waals surface area contributed by atoms with Gasteiger partial charge in [-0.15, -0.1) is 0 Å². The maximum atomic E-state index is 10.9. The molecule has 0 unspecified atom stereocenters. The van der Waals surface area contributed by atoms with Gasteiger partial charge in [-0.25, -0.2) is 4.98 Å². The Bertz CT molecular complexity index is 726. The van der Waals surface area contributed by atoms with Crippen molar-refractivity contribution in [3.05, 3.63) is 36.5 Å². The molecule has 0 fully saturated rings. The van der Waals surface area contributed by atoms with Crippen LogP contribution in [0.5, 0.6) is 5.75 Å². The van der Waals surface area contributed by atoms with Gasteiger partial charge in [-0.1, -0.05) is 0 Å². The molecule has 0 aliphatic rings. The van der Waals surface area contributed by atoms with Gasteiger partial charge in [0.2, 0.25) is 0 Å². The molecule has 1 aromatic heterocycles. The van der Waals surface area contributed by atoms with E-state index in [1.807, 2.05) is 0 Å². The molecule has 0 saturated heterocycles. The first-order valence-electron chi connectivity index (χ1n) is 6.24. The smallest absolute Gasteiger partial charge is 0.146 e. The number of carbonyl (C=O) groups excluding carboxylic acids is 1. The molecule has 8 N–H and O–H groups in total. The van der Waals surface area contributed by atoms with Gasteiger partial charge in [0.25, 0.3) is 0 Å². The molecule has 124 valence electrons. The zero-order chi connectivity index (χ0) is 17.6. The Hall–Kier alpha value is -2.48. The number of aromatic nitrogens is 1. The molecule has 0 saturated carbocycles. The summed E-state index contributed by atoms with van der Waals surface area (Å²) in [6.07, 6.45) is 1.60. The van der Waals surface area contributed by atoms with Crippen molar-refractivity contribution >= 4 is 41.6 Å². The van der Waals surface area contributed by atoms with Crippen LogP contribution >= 0.6 is 0 Å². The van der Waals surface area contributed by atoms with Crippen molar-refractivity contribution in [1.29, 1.82) is 0 Å². The number of nitrogens with two attached hydrogens (primary N) is 2. The molecule has 0 radical (unpaired) electrons. The summed E-state index contributed by atoms with van der Waals surface area (Å²) < 4.78 is 28.6. The summed E-state index contributed by atoms with van der Waals surface area (Å²) in [5, 5.41) is 11.6. The summed E-state index contributed by atoms with van der Waals surface area (Å²) in [5.41, 5.74) is 11.1. The molecule has 2 aromatic rings. The summed E-state index contributed by atoms with van der Waals surface area (Å²) >= 11 is -4.98. The number of phenolic OH excluding ortho intramolecular Hbond substituents is 1. The molecular formula is C13H17AsN4O5. The van der Waals surface area contributed by atoms with Gasteiger partial charge < -0.3 is 11.5 Å². The average molecular weight is 384 g/mol. The van der Waals surface area contributed by atoms with Crippen molar-refractivity contribution in [3.8, 4) is 5.75 Å². The van der Waals surface area contributed by atoms with Gasteiger partial charge in [0, 0.05) is 6.20 Å². The number of nitrogen functional groups attached to an aromatic ring is 2. The number of pyridine rings is 1. The standard InChI is InChI=1S/C8H10AsNO5.C5H7N3/c1-5(11)10-7-4-6(9(13,14)15)2-3-8(7)12;6-4-2-1-3-8-5(4)7/h2-4,12H,1H3,(H,10,11)(H2,13,14,15);1-3H,6H2,(H2,7,8). The van der Waals surface area contributed by atoms with Crippen molar-refractivity contribution in [2.24, 2.45) is 0 Å². The number of hydrogen-bond donors (Lipinski definition) is 6. The van der Waals surface area contributed by atoms with Crippen LogP contribution in [0.4, 0.5) is 17.2 Å². The topological polar surface area (TPSA) is 172 Å². The second-order valence-corrected chi connectivity index (χ2v) is 7.77. The maximum Gasteiger partial charge on any atom is 0.146 e. The van der Waals surface area contributed by atoms with Gasteiger partial charge in [0.05, 0.1) is 5.69 Å². The van der Waals surface area contributed by atoms with Crippen LogP contribution < -0.4 is 21.1 Å². The van der Waals surface area contributed by atoms with Crippen molar-refractivity contribution < 1.29 is 21.8 Å². The fraction of sp³-hybridized carbons (Fsp3) is 0.0769. The fourth-order valence-corrected chi connectivity index (χ4v) is 2.61. The third kappa shape index (κ3) is 6.03. The number of carbonyl (C=O) groups is 1. The van der Waals surface area contributed by atoms with Crippen LogP contribution in [-0.4, -0.2) is 38.4 Å². The molecule has 0 aliphatic heterocycles. The minimum Gasteiger partial charge on any atom is -0.396 e. The molecule has 1 amide bonds. The minimum atomic E-state index is -4.98. The van der Waals surface area contributed by atoms with Crippen LogP contribution in [0.3, 0.4) is 0 Å². The molecule has 1 heterocycles. The first kappa shape index (κ1) is 18.6. The number of benzene rings is 1. The Balaban J connectivity index is 0.000000277. The van der Waals surface area contributed by atoms with Crippen molar-refractivity contribution in [2.75, 3.05) is 16.8 Å². The summed E-state index contributed by atoms with van der Waals surface area (Å²) in [5.74, 6) is -0.272. The fourth-order valence-electron chi connectivity index (χ4n) is 1.42. The number of anilines is 3. The molecular weight excluding hydrogens is 367 g/mol. The third-order valence-corrected chi connectivity index (χ3v) is 4.49. The van der Waals surface area contributed by atoms with Crippen LogP contribution in [0.15, 0.2) is 36.5 Å². The van der Waals surface area contributed by atoms with E-state index in [1.165, 1.54) is 6.92 Å². The van der Waals surface area contributed by atoms with E-state index in [4.69, 9.17) is 19.7 Å². The normalized spacial score (nSPS) is 10.4. The first-order valence-corrected chi connectivity index (χ1v) is 9.62. The van der Waals surface area contributed by atoms with E-state index in [0.29, 0.717) is 11.5 Å². The first-order chi connectivity index (χ1) is 10.6. The third-order valence-electron chi connectivity index (χ3n) is 2.50. The van der Waals surface area contributed by atoms with Crippen LogP contribution in [0.25, 0.3) is 0 Å². The monoisotopic (exact) mass is 384 g/mol. The van der Waals surface area contributed by atoms with E-state index in [0.717, 1.165) is 18.2 Å². The largest absolute Gasteiger partial charge is 0.396 e. The van der Waals surface area contributed by atoms with Crippen molar-refractivity contribution in [2.45, 2.75) is 6.92 Å². The Morgan fingerprint density at radius 2 is 1.91 bits per heavy atom. The van der Waals surface area contributed by atoms with E-state index >= 15 is 0 Å². The number of amides is 1. The molecule has 1 aromatic carbocycles. The summed E-state index contributed by atoms with van der Waals surface area (Å²) in [6.45, 7) is 1.23. The quantitative estimate of drug-likeness (QED) is 0.287. The zero-order valence-electron chi connectivity index (χ0n) is 12.2. The predicted molar refractivity (Wildman–Crippen MR) is 86.0 cm³/mol. The Morgan fingerprint density at radius 3 is 2.35 bits per heavy atom. The van der Waals surface area contributed by atoms with Crippen LogP contribution in [0.2, 0.25) is 0 Å². The SMILES string of the molecule is CC(=O)Nc1cc([As](=O)(O)O)ccc1O.Nc1cccnc1N. The Labute approximate surface area is 135 Å². The predicted octanol–water partition coefficient (Wildman–Crippen LogP) is -0.842. The number of hydrogen-bond acceptors (Lipinski definition) is 6. The number of rotatable bonds is 2. The van der Waals surface area contributed by atoms with Gasteiger partial charge in [0.15, 0.2) is 0 Å². The Kier molecular flexibility index (Phi) is 6.20. The van der Waals surface area contributed by atoms with Crippen LogP contribution in [-0.2, 0) is 8.53 Å². The molecule has 10 heteroatoms. The molecule has 0 bridgehead atoms. The van der Waals surface area contributed by atoms with Gasteiger partial charge in [-0.2, -0.15) is 0 Å². The van der Waals surface area contributed by atoms with Crippen molar-refractivity contribution in [1.82, 2.24) is 4.98 Å². The van der Waals surface area contributed by atoms with E-state index in [2.05, 4.69) is 10.3 Å². The van der Waals surface area contributed by atoms with Gasteiger partial charge in [0.1, 0.15) is 5.82 Å². The summed E-state index contributed by atoms with van der Waals surface area (Å²) in [4.78, 5) is 14.4. The van der Waals surface area contributed by atoms with Gasteiger partial charge in [-0.05, 0) is 12.1 Å². The molecule has 23 heavy (non-hydrogen) atoms. The number of aromatic hydroxyl groups is 1. The van der Waals surface area contributed by atoms with Gasteiger partial charge in [-0.3, -0.25) is 0 Å². The zero-order valence-corrected chi connectivity index (χ0v) is 14.0. The second kappa shape index (κ2) is 7.68. The molecule has 0 atom stereocenters. The average Bonchev–Trinajstić information content (AvgIpc) is 2.43. The summed E-state index contributed by atoms with van der Waals surface area (Å²) in [6, 6.07) is 6.77. The molecule has 0 spiro atoms. The number of nitrogens with one attached hydrogen (secondary N) is 1. The Morgan fingerprint density at radius 1 is 1.26 bits per heavy atom. The maximum absolute atomic E-state index is 10.9. The van der Waals surface area contributed by atoms with Crippen LogP contribution in [0, 0.1) is 0 Å². The molecule has 2 rings (SSSR count). The molecule has 9 nitrogen and oxygen atoms in total. The number of nitrogens with zero attached hydrogens (tertiary/aromatic N) is 1. The second-order valence-electron chi connectivity index (χ2n) is 4.40. The van der Waals surface area contributed by atoms with E-state index in [1.54, 1.807) is 18.3 Å². The number of phenols is 1. The van der Waals surface area contributed by atoms with Crippen molar-refractivity contribution in [3.63, 3.8) is 0 Å². The van der Waals surface area contributed by atoms with Crippen LogP contribution in [0.1, 0.15) is 6.92 Å². The molecule has 0 aliphatic carbocycles. The summed E-state index contributed by atoms with van der Waals surface area (Å²) in [7, 11) is 0. The van der Waals surface area contributed by atoms with E-state index < -0.39 is 20.1 Å². The minimum absolute atomic E-state index is 0.00951. The van der Waals surface area contributed by atoms with E-state index in [9.17, 15) is 13.6 Å². The van der Waals surface area contributed by atoms with Gasteiger partial charge >= 0.3 is 88.1 Å².